The van der Waals surface area contributed by atoms with Gasteiger partial charge in [-0.3, -0.25) is 4.99 Å². The molecule has 1 aliphatic rings. The first kappa shape index (κ1) is 17.9. The number of halogens is 1. The van der Waals surface area contributed by atoms with Gasteiger partial charge in [-0.15, -0.1) is 23.1 Å². The molecule has 0 saturated carbocycles. The first-order chi connectivity index (χ1) is 11.6. The van der Waals surface area contributed by atoms with E-state index in [4.69, 9.17) is 7.80 Å². The summed E-state index contributed by atoms with van der Waals surface area (Å²) in [6.45, 7) is 5.09. The number of carbonyl (C=O) groups is 1. The van der Waals surface area contributed by atoms with Crippen LogP contribution in [0, 0.1) is 5.92 Å². The van der Waals surface area contributed by atoms with Gasteiger partial charge in [-0.05, 0) is 30.5 Å². The van der Waals surface area contributed by atoms with Crippen molar-refractivity contribution in [2.45, 2.75) is 26.3 Å². The molecule has 0 spiro atoms. The van der Waals surface area contributed by atoms with Gasteiger partial charge < -0.3 is 7.80 Å². The number of ether oxygens (including phenoxy) is 1. The summed E-state index contributed by atoms with van der Waals surface area (Å²) in [7, 11) is 0. The van der Waals surface area contributed by atoms with Crippen molar-refractivity contribution in [1.29, 1.82) is 0 Å². The highest BCUT2D eigenvalue weighted by Crippen LogP contribution is 2.32. The Kier molecular flexibility index (Phi) is 5.98. The first-order valence-corrected chi connectivity index (χ1v) is 10.3. The van der Waals surface area contributed by atoms with Crippen LogP contribution in [0.4, 0.5) is 0 Å². The smallest absolute Gasteiger partial charge is 0.341 e. The number of aromatic nitrogens is 1. The highest BCUT2D eigenvalue weighted by Gasteiger charge is 2.28. The van der Waals surface area contributed by atoms with Crippen molar-refractivity contribution in [1.82, 2.24) is 4.98 Å². The van der Waals surface area contributed by atoms with E-state index in [1.54, 1.807) is 46.1 Å². The lowest BCUT2D eigenvalue weighted by Crippen LogP contribution is -2.17. The van der Waals surface area contributed by atoms with E-state index in [1.807, 2.05) is 18.2 Å². The van der Waals surface area contributed by atoms with E-state index in [0.29, 0.717) is 11.7 Å². The molecule has 1 aromatic carbocycles. The van der Waals surface area contributed by atoms with E-state index >= 15 is 0 Å². The minimum absolute atomic E-state index is 0.306. The minimum Gasteiger partial charge on any atom is -0.494 e. The largest absolute Gasteiger partial charge is 0.494 e. The van der Waals surface area contributed by atoms with Crippen molar-refractivity contribution in [2.75, 3.05) is 12.4 Å². The zero-order valence-corrected chi connectivity index (χ0v) is 17.1. The normalized spacial score (nSPS) is 17.3. The van der Waals surface area contributed by atoms with Gasteiger partial charge in [0.25, 0.3) is 0 Å². The fourth-order valence-corrected chi connectivity index (χ4v) is 4.54. The first-order valence-electron chi connectivity index (χ1n) is 7.63. The maximum Gasteiger partial charge on any atom is 0.341 e. The van der Waals surface area contributed by atoms with Gasteiger partial charge >= 0.3 is 5.97 Å². The molecule has 8 heteroatoms. The Labute approximate surface area is 162 Å². The summed E-state index contributed by atoms with van der Waals surface area (Å²) in [6, 6.07) is 5.51. The second-order valence-corrected chi connectivity index (χ2v) is 8.32. The number of thiazole rings is 1. The predicted octanol–water partition coefficient (Wildman–Crippen LogP) is 4.48. The van der Waals surface area contributed by atoms with Crippen LogP contribution in [-0.2, 0) is 7.86 Å². The SMILES string of the molecule is CC(C)CCOc1ccc2nc(C3=NC(C(=O)OI)CS3)sc2c1. The number of hydrogen-bond acceptors (Lipinski definition) is 7. The van der Waals surface area contributed by atoms with Crippen molar-refractivity contribution in [3.8, 4) is 5.75 Å². The highest BCUT2D eigenvalue weighted by molar-refractivity contribution is 14.1. The lowest BCUT2D eigenvalue weighted by atomic mass is 10.1. The number of nitrogens with zero attached hydrogens (tertiary/aromatic N) is 2. The minimum atomic E-state index is -0.427. The van der Waals surface area contributed by atoms with Gasteiger partial charge in [-0.25, -0.2) is 9.78 Å². The molecule has 0 radical (unpaired) electrons. The molecular weight excluding hydrogens is 459 g/mol. The standard InChI is InChI=1S/C16H17IN2O3S2/c1-9(2)5-6-21-10-3-4-11-13(7-10)24-15(18-11)14-19-12(8-23-14)16(20)22-17/h3-4,7,9,12H,5-6,8H2,1-2H3. The Bertz CT molecular complexity index is 776. The number of fused-ring (bicyclic) bond motifs is 1. The fraction of sp³-hybridized carbons (Fsp3) is 0.438. The molecule has 3 rings (SSSR count). The summed E-state index contributed by atoms with van der Waals surface area (Å²) in [4.78, 5) is 20.6. The maximum absolute atomic E-state index is 11.6. The molecule has 1 unspecified atom stereocenters. The van der Waals surface area contributed by atoms with Gasteiger partial charge in [-0.1, -0.05) is 13.8 Å². The molecule has 0 aliphatic carbocycles. The third-order valence-electron chi connectivity index (χ3n) is 3.51. The van der Waals surface area contributed by atoms with E-state index in [0.717, 1.165) is 39.0 Å². The molecule has 0 fully saturated rings. The van der Waals surface area contributed by atoms with Crippen LogP contribution in [0.1, 0.15) is 25.3 Å². The van der Waals surface area contributed by atoms with E-state index in [1.165, 1.54) is 0 Å². The van der Waals surface area contributed by atoms with Crippen LogP contribution in [0.25, 0.3) is 10.2 Å². The van der Waals surface area contributed by atoms with Crippen LogP contribution in [-0.4, -0.2) is 34.4 Å². The molecule has 5 nitrogen and oxygen atoms in total. The summed E-state index contributed by atoms with van der Waals surface area (Å²) in [5.41, 5.74) is 0.925. The maximum atomic E-state index is 11.6. The van der Waals surface area contributed by atoms with Gasteiger partial charge in [-0.2, -0.15) is 0 Å². The third-order valence-corrected chi connectivity index (χ3v) is 6.15. The van der Waals surface area contributed by atoms with Crippen molar-refractivity contribution < 1.29 is 12.6 Å². The molecular formula is C16H17IN2O3S2. The second-order valence-electron chi connectivity index (χ2n) is 5.84. The van der Waals surface area contributed by atoms with Crippen LogP contribution in [0.5, 0.6) is 5.75 Å². The van der Waals surface area contributed by atoms with Crippen LogP contribution in [0.15, 0.2) is 23.2 Å². The molecule has 0 bridgehead atoms. The van der Waals surface area contributed by atoms with Crippen LogP contribution in [0.2, 0.25) is 0 Å². The van der Waals surface area contributed by atoms with Crippen LogP contribution in [0.3, 0.4) is 0 Å². The van der Waals surface area contributed by atoms with Crippen molar-refractivity contribution in [3.63, 3.8) is 0 Å². The number of aliphatic imine (C=N–C) groups is 1. The summed E-state index contributed by atoms with van der Waals surface area (Å²) < 4.78 is 11.6. The lowest BCUT2D eigenvalue weighted by Gasteiger charge is -2.07. The van der Waals surface area contributed by atoms with Gasteiger partial charge in [0.15, 0.2) is 29.0 Å². The molecule has 2 heterocycles. The van der Waals surface area contributed by atoms with Crippen LogP contribution < -0.4 is 4.74 Å². The zero-order valence-electron chi connectivity index (χ0n) is 13.3. The fourth-order valence-electron chi connectivity index (χ4n) is 2.16. The molecule has 24 heavy (non-hydrogen) atoms. The number of benzene rings is 1. The Morgan fingerprint density at radius 3 is 3.04 bits per heavy atom. The Balaban J connectivity index is 1.75. The van der Waals surface area contributed by atoms with E-state index < -0.39 is 6.04 Å². The Hall–Kier alpha value is -0.870. The molecule has 0 N–H and O–H groups in total. The number of hydrogen-bond donors (Lipinski definition) is 0. The summed E-state index contributed by atoms with van der Waals surface area (Å²) >= 11 is 4.72. The number of carbonyl (C=O) groups excluding carboxylic acids is 1. The van der Waals surface area contributed by atoms with Crippen LogP contribution >= 0.6 is 46.1 Å². The monoisotopic (exact) mass is 476 g/mol. The number of thioether (sulfide) groups is 1. The van der Waals surface area contributed by atoms with E-state index in [-0.39, 0.29) is 5.97 Å². The average molecular weight is 476 g/mol. The second kappa shape index (κ2) is 8.01. The van der Waals surface area contributed by atoms with E-state index in [9.17, 15) is 4.79 Å². The van der Waals surface area contributed by atoms with Gasteiger partial charge in [0.2, 0.25) is 0 Å². The molecule has 0 amide bonds. The average Bonchev–Trinajstić information content (AvgIpc) is 3.19. The Morgan fingerprint density at radius 2 is 2.29 bits per heavy atom. The zero-order chi connectivity index (χ0) is 17.1. The van der Waals surface area contributed by atoms with Gasteiger partial charge in [0.1, 0.15) is 15.8 Å². The van der Waals surface area contributed by atoms with Gasteiger partial charge in [0, 0.05) is 5.75 Å². The summed E-state index contributed by atoms with van der Waals surface area (Å²) in [5, 5.41) is 1.66. The quantitative estimate of drug-likeness (QED) is 0.576. The molecule has 1 aromatic heterocycles. The lowest BCUT2D eigenvalue weighted by molar-refractivity contribution is -0.132. The molecule has 1 atom stereocenters. The molecule has 0 saturated heterocycles. The molecule has 2 aromatic rings. The van der Waals surface area contributed by atoms with Crippen molar-refractivity contribution >= 4 is 67.3 Å². The van der Waals surface area contributed by atoms with Gasteiger partial charge in [0.05, 0.1) is 16.8 Å². The van der Waals surface area contributed by atoms with E-state index in [2.05, 4.69) is 23.8 Å². The molecule has 1 aliphatic heterocycles. The summed E-state index contributed by atoms with van der Waals surface area (Å²) in [6.07, 6.45) is 1.04. The van der Waals surface area contributed by atoms with Crippen molar-refractivity contribution in [3.05, 3.63) is 23.2 Å². The topological polar surface area (TPSA) is 60.8 Å². The third kappa shape index (κ3) is 4.20. The predicted molar refractivity (Wildman–Crippen MR) is 107 cm³/mol. The highest BCUT2D eigenvalue weighted by atomic mass is 127. The summed E-state index contributed by atoms with van der Waals surface area (Å²) in [5.74, 6) is 1.80. The van der Waals surface area contributed by atoms with Crippen molar-refractivity contribution in [2.24, 2.45) is 10.9 Å². The molecule has 128 valence electrons. The number of rotatable bonds is 6. The Morgan fingerprint density at radius 1 is 1.46 bits per heavy atom.